The fraction of sp³-hybridized carbons (Fsp3) is 0.667. The van der Waals surface area contributed by atoms with Crippen LogP contribution in [0.5, 0.6) is 0 Å². The van der Waals surface area contributed by atoms with Crippen LogP contribution in [0.2, 0.25) is 0 Å². The quantitative estimate of drug-likeness (QED) is 0.507. The molecule has 17 heavy (non-hydrogen) atoms. The van der Waals surface area contributed by atoms with Crippen molar-refractivity contribution in [2.75, 3.05) is 7.11 Å². The molecule has 0 aromatic heterocycles. The van der Waals surface area contributed by atoms with Crippen LogP contribution in [0.25, 0.3) is 0 Å². The minimum atomic E-state index is -0.792. The number of terminal acetylenes is 1. The molecule has 1 amide bonds. The van der Waals surface area contributed by atoms with Crippen molar-refractivity contribution in [3.63, 3.8) is 0 Å². The van der Waals surface area contributed by atoms with Crippen LogP contribution in [0.4, 0.5) is 0 Å². The van der Waals surface area contributed by atoms with E-state index in [-0.39, 0.29) is 12.3 Å². The van der Waals surface area contributed by atoms with Crippen molar-refractivity contribution in [3.05, 3.63) is 0 Å². The first kappa shape index (κ1) is 15.5. The Morgan fingerprint density at radius 1 is 1.47 bits per heavy atom. The number of hydrogen-bond acceptors (Lipinski definition) is 4. The van der Waals surface area contributed by atoms with Crippen LogP contribution in [-0.4, -0.2) is 31.1 Å². The summed E-state index contributed by atoms with van der Waals surface area (Å²) in [5.41, 5.74) is 5.54. The monoisotopic (exact) mass is 240 g/mol. The van der Waals surface area contributed by atoms with E-state index in [0.29, 0.717) is 6.42 Å². The number of rotatable bonds is 6. The Morgan fingerprint density at radius 3 is 2.47 bits per heavy atom. The zero-order valence-corrected chi connectivity index (χ0v) is 10.5. The first-order valence-electron chi connectivity index (χ1n) is 5.49. The lowest BCUT2D eigenvalue weighted by Crippen LogP contribution is -2.49. The summed E-state index contributed by atoms with van der Waals surface area (Å²) in [5.74, 6) is 1.65. The van der Waals surface area contributed by atoms with E-state index in [0.717, 1.165) is 0 Å². The second-order valence-corrected chi connectivity index (χ2v) is 4.23. The lowest BCUT2D eigenvalue weighted by molar-refractivity contribution is -0.145. The molecule has 0 saturated carbocycles. The van der Waals surface area contributed by atoms with Gasteiger partial charge in [0.15, 0.2) is 0 Å². The summed E-state index contributed by atoms with van der Waals surface area (Å²) in [4.78, 5) is 23.1. The molecule has 3 N–H and O–H groups in total. The lowest BCUT2D eigenvalue weighted by Gasteiger charge is -2.19. The van der Waals surface area contributed by atoms with Crippen LogP contribution >= 0.6 is 0 Å². The van der Waals surface area contributed by atoms with Gasteiger partial charge in [-0.15, -0.1) is 12.3 Å². The fourth-order valence-corrected chi connectivity index (χ4v) is 1.33. The van der Waals surface area contributed by atoms with Crippen LogP contribution in [0, 0.1) is 18.3 Å². The van der Waals surface area contributed by atoms with Gasteiger partial charge in [-0.1, -0.05) is 13.8 Å². The minimum Gasteiger partial charge on any atom is -0.467 e. The Labute approximate surface area is 102 Å². The van der Waals surface area contributed by atoms with E-state index in [1.54, 1.807) is 0 Å². The topological polar surface area (TPSA) is 81.4 Å². The molecule has 0 aliphatic carbocycles. The van der Waals surface area contributed by atoms with Gasteiger partial charge in [-0.2, -0.15) is 0 Å². The molecule has 0 aromatic carbocycles. The van der Waals surface area contributed by atoms with Gasteiger partial charge in [0.1, 0.15) is 6.04 Å². The van der Waals surface area contributed by atoms with E-state index >= 15 is 0 Å². The summed E-state index contributed by atoms with van der Waals surface area (Å²) in [7, 11) is 1.28. The van der Waals surface area contributed by atoms with Crippen LogP contribution < -0.4 is 11.1 Å². The zero-order valence-electron chi connectivity index (χ0n) is 10.5. The molecule has 5 heteroatoms. The summed E-state index contributed by atoms with van der Waals surface area (Å²) >= 11 is 0. The number of ether oxygens (including phenoxy) is 1. The third kappa shape index (κ3) is 5.93. The number of nitrogens with one attached hydrogen (secondary N) is 1. The van der Waals surface area contributed by atoms with Gasteiger partial charge in [0.25, 0.3) is 0 Å². The number of nitrogens with two attached hydrogens (primary N) is 1. The van der Waals surface area contributed by atoms with Crippen LogP contribution in [0.1, 0.15) is 26.7 Å². The van der Waals surface area contributed by atoms with Gasteiger partial charge in [-0.3, -0.25) is 4.79 Å². The number of methoxy groups -OCH3 is 1. The Bertz CT molecular complexity index is 307. The molecule has 0 fully saturated rings. The molecule has 0 rings (SSSR count). The van der Waals surface area contributed by atoms with Crippen LogP contribution in [0.3, 0.4) is 0 Å². The van der Waals surface area contributed by atoms with E-state index in [1.807, 2.05) is 13.8 Å². The Hall–Kier alpha value is -1.54. The van der Waals surface area contributed by atoms with E-state index in [4.69, 9.17) is 12.2 Å². The second kappa shape index (κ2) is 7.69. The molecule has 0 aromatic rings. The van der Waals surface area contributed by atoms with E-state index in [9.17, 15) is 9.59 Å². The van der Waals surface area contributed by atoms with Crippen molar-refractivity contribution in [2.24, 2.45) is 11.7 Å². The summed E-state index contributed by atoms with van der Waals surface area (Å²) < 4.78 is 4.62. The summed E-state index contributed by atoms with van der Waals surface area (Å²) in [6.07, 6.45) is 5.70. The molecular weight excluding hydrogens is 220 g/mol. The highest BCUT2D eigenvalue weighted by Crippen LogP contribution is 2.06. The van der Waals surface area contributed by atoms with Gasteiger partial charge >= 0.3 is 5.97 Å². The Kier molecular flexibility index (Phi) is 6.99. The van der Waals surface area contributed by atoms with Crippen LogP contribution in [0.15, 0.2) is 0 Å². The largest absolute Gasteiger partial charge is 0.467 e. The molecule has 96 valence electrons. The SMILES string of the molecule is C#CC[C@H](N)C(=O)N[C@@H](CC(C)C)C(=O)OC. The average Bonchev–Trinajstić information content (AvgIpc) is 2.26. The Morgan fingerprint density at radius 2 is 2.06 bits per heavy atom. The highest BCUT2D eigenvalue weighted by Gasteiger charge is 2.24. The first-order chi connectivity index (χ1) is 7.92. The van der Waals surface area contributed by atoms with Crippen molar-refractivity contribution < 1.29 is 14.3 Å². The molecular formula is C12H20N2O3. The number of carbonyl (C=O) groups is 2. The highest BCUT2D eigenvalue weighted by atomic mass is 16.5. The molecule has 0 unspecified atom stereocenters. The molecule has 0 spiro atoms. The second-order valence-electron chi connectivity index (χ2n) is 4.23. The summed E-state index contributed by atoms with van der Waals surface area (Å²) in [6, 6.07) is -1.46. The maximum atomic E-state index is 11.6. The predicted molar refractivity (Wildman–Crippen MR) is 64.8 cm³/mol. The third-order valence-corrected chi connectivity index (χ3v) is 2.18. The Balaban J connectivity index is 4.48. The van der Waals surface area contributed by atoms with Crippen molar-refractivity contribution in [3.8, 4) is 12.3 Å². The summed E-state index contributed by atoms with van der Waals surface area (Å²) in [6.45, 7) is 3.90. The highest BCUT2D eigenvalue weighted by molar-refractivity contribution is 5.87. The van der Waals surface area contributed by atoms with E-state index in [1.165, 1.54) is 7.11 Å². The number of esters is 1. The molecule has 0 bridgehead atoms. The van der Waals surface area contributed by atoms with Crippen molar-refractivity contribution >= 4 is 11.9 Å². The fourth-order valence-electron chi connectivity index (χ4n) is 1.33. The van der Waals surface area contributed by atoms with Crippen LogP contribution in [-0.2, 0) is 14.3 Å². The van der Waals surface area contributed by atoms with Gasteiger partial charge in [0.05, 0.1) is 13.2 Å². The molecule has 0 aliphatic rings. The molecule has 0 saturated heterocycles. The molecule has 0 heterocycles. The van der Waals surface area contributed by atoms with Crippen molar-refractivity contribution in [2.45, 2.75) is 38.8 Å². The third-order valence-electron chi connectivity index (χ3n) is 2.18. The van der Waals surface area contributed by atoms with Gasteiger partial charge in [-0.25, -0.2) is 4.79 Å². The molecule has 2 atom stereocenters. The number of hydrogen-bond donors (Lipinski definition) is 2. The maximum Gasteiger partial charge on any atom is 0.328 e. The smallest absolute Gasteiger partial charge is 0.328 e. The molecule has 0 radical (unpaired) electrons. The number of amides is 1. The molecule has 5 nitrogen and oxygen atoms in total. The molecule has 0 aliphatic heterocycles. The van der Waals surface area contributed by atoms with Gasteiger partial charge < -0.3 is 15.8 Å². The first-order valence-corrected chi connectivity index (χ1v) is 5.49. The van der Waals surface area contributed by atoms with Gasteiger partial charge in [0.2, 0.25) is 5.91 Å². The zero-order chi connectivity index (χ0) is 13.4. The van der Waals surface area contributed by atoms with Crippen molar-refractivity contribution in [1.29, 1.82) is 0 Å². The normalized spacial score (nSPS) is 13.6. The standard InChI is InChI=1S/C12H20N2O3/c1-5-6-9(13)11(15)14-10(7-8(2)3)12(16)17-4/h1,8-10H,6-7,13H2,2-4H3,(H,14,15)/t9-,10-/m0/s1. The van der Waals surface area contributed by atoms with E-state index in [2.05, 4.69) is 16.0 Å². The van der Waals surface area contributed by atoms with Gasteiger partial charge in [-0.05, 0) is 12.3 Å². The minimum absolute atomic E-state index is 0.140. The predicted octanol–water partition coefficient (Wildman–Crippen LogP) is 0.0409. The van der Waals surface area contributed by atoms with Gasteiger partial charge in [0, 0.05) is 6.42 Å². The number of carbonyl (C=O) groups excluding carboxylic acids is 2. The maximum absolute atomic E-state index is 11.6. The summed E-state index contributed by atoms with van der Waals surface area (Å²) in [5, 5.41) is 2.55. The average molecular weight is 240 g/mol. The van der Waals surface area contributed by atoms with E-state index < -0.39 is 24.0 Å². The lowest BCUT2D eigenvalue weighted by atomic mass is 10.0. The van der Waals surface area contributed by atoms with Crippen molar-refractivity contribution in [1.82, 2.24) is 5.32 Å².